The zero-order valence-electron chi connectivity index (χ0n) is 38.2. The minimum Gasteiger partial charge on any atom is -0.494 e. The van der Waals surface area contributed by atoms with Crippen LogP contribution in [0.15, 0.2) is 90.5 Å². The van der Waals surface area contributed by atoms with Crippen LogP contribution in [-0.4, -0.2) is 32.4 Å². The molecule has 3 aromatic carbocycles. The molecule has 0 saturated carbocycles. The summed E-state index contributed by atoms with van der Waals surface area (Å²) in [5.74, 6) is 0.610. The number of aliphatic carboxylic acids is 1. The summed E-state index contributed by atoms with van der Waals surface area (Å²) in [6.45, 7) is 10.5. The summed E-state index contributed by atoms with van der Waals surface area (Å²) in [7, 11) is -2.18. The lowest BCUT2D eigenvalue weighted by molar-refractivity contribution is -0.132. The number of carboxylic acid groups (broad SMARTS) is 1. The number of carboxylic acids is 1. The highest BCUT2D eigenvalue weighted by molar-refractivity contribution is 7.30. The van der Waals surface area contributed by atoms with Crippen LogP contribution in [0.2, 0.25) is 12.1 Å². The normalized spacial score (nSPS) is 12.8. The number of hydrogen-bond donors (Lipinski definition) is 1. The van der Waals surface area contributed by atoms with Gasteiger partial charge in [-0.25, -0.2) is 4.79 Å². The van der Waals surface area contributed by atoms with E-state index < -0.39 is 14.0 Å². The van der Waals surface area contributed by atoms with Gasteiger partial charge in [0.25, 0.3) is 0 Å². The molecule has 6 nitrogen and oxygen atoms in total. The standard InChI is InChI=1S/C54H68N2O4S2Si/c1-5-9-13-17-33-59-46-29-25-44(26-30-46)56(45-27-31-47(32-28-45)60-34-18-14-10-6-2)43-23-21-41(22-24-43)49-39-51-53(62-49)52-50(38-48(61-52)37-42(40-55)54(57)58)63(51,35-19-15-11-7-3)36-20-16-12-8-4/h21-32,37-39H,5-20,33-36H2,1-4H3,(H,57,58). The molecule has 0 unspecified atom stereocenters. The molecule has 1 aliphatic rings. The molecule has 0 bridgehead atoms. The summed E-state index contributed by atoms with van der Waals surface area (Å²) < 4.78 is 12.3. The Kier molecular flexibility index (Phi) is 18.6. The fourth-order valence-electron chi connectivity index (χ4n) is 8.91. The number of nitrogens with zero attached hydrogens (tertiary/aromatic N) is 2. The maximum Gasteiger partial charge on any atom is 0.346 e. The van der Waals surface area contributed by atoms with Gasteiger partial charge >= 0.3 is 5.97 Å². The summed E-state index contributed by atoms with van der Waals surface area (Å²) in [4.78, 5) is 19.0. The molecule has 9 heteroatoms. The first-order valence-corrected chi connectivity index (χ1v) is 27.9. The molecule has 0 radical (unpaired) electrons. The van der Waals surface area contributed by atoms with Gasteiger partial charge in [-0.15, -0.1) is 22.7 Å². The molecule has 2 aromatic heterocycles. The maximum absolute atomic E-state index is 11.9. The van der Waals surface area contributed by atoms with E-state index in [1.165, 1.54) is 127 Å². The van der Waals surface area contributed by atoms with Crippen molar-refractivity contribution in [2.24, 2.45) is 0 Å². The lowest BCUT2D eigenvalue weighted by Gasteiger charge is -2.29. The molecule has 0 amide bonds. The van der Waals surface area contributed by atoms with Crippen molar-refractivity contribution >= 4 is 70.2 Å². The highest BCUT2D eigenvalue weighted by Crippen LogP contribution is 2.46. The fourth-order valence-corrected chi connectivity index (χ4v) is 18.3. The Balaban J connectivity index is 1.34. The van der Waals surface area contributed by atoms with Crippen LogP contribution in [0.25, 0.3) is 26.3 Å². The molecule has 0 saturated heterocycles. The number of anilines is 3. The maximum atomic E-state index is 11.9. The highest BCUT2D eigenvalue weighted by atomic mass is 32.1. The monoisotopic (exact) mass is 900 g/mol. The van der Waals surface area contributed by atoms with Gasteiger partial charge in [-0.05, 0) is 120 Å². The van der Waals surface area contributed by atoms with Crippen LogP contribution in [0.1, 0.15) is 135 Å². The second kappa shape index (κ2) is 24.4. The van der Waals surface area contributed by atoms with Crippen molar-refractivity contribution in [3.63, 3.8) is 0 Å². The van der Waals surface area contributed by atoms with Gasteiger partial charge in [0.1, 0.15) is 31.2 Å². The van der Waals surface area contributed by atoms with E-state index in [1.54, 1.807) is 22.6 Å². The van der Waals surface area contributed by atoms with Crippen LogP contribution in [0, 0.1) is 11.3 Å². The first-order valence-electron chi connectivity index (χ1n) is 23.9. The first kappa shape index (κ1) is 47.8. The van der Waals surface area contributed by atoms with Crippen LogP contribution < -0.4 is 24.7 Å². The summed E-state index contributed by atoms with van der Waals surface area (Å²) in [6, 6.07) is 35.1. The zero-order chi connectivity index (χ0) is 44.4. The van der Waals surface area contributed by atoms with Crippen molar-refractivity contribution in [3.05, 3.63) is 95.4 Å². The Morgan fingerprint density at radius 1 is 0.619 bits per heavy atom. The third-order valence-electron chi connectivity index (χ3n) is 12.4. The van der Waals surface area contributed by atoms with E-state index in [4.69, 9.17) is 9.47 Å². The van der Waals surface area contributed by atoms with Crippen molar-refractivity contribution in [3.8, 4) is 37.8 Å². The number of ether oxygens (including phenoxy) is 2. The fraction of sp³-hybridized carbons (Fsp3) is 0.444. The highest BCUT2D eigenvalue weighted by Gasteiger charge is 2.47. The second-order valence-electron chi connectivity index (χ2n) is 17.1. The predicted octanol–water partition coefficient (Wildman–Crippen LogP) is 15.6. The van der Waals surface area contributed by atoms with Crippen LogP contribution >= 0.6 is 22.7 Å². The van der Waals surface area contributed by atoms with Gasteiger partial charge in [0.2, 0.25) is 0 Å². The molecular formula is C54H68N2O4S2Si. The molecule has 0 spiro atoms. The predicted molar refractivity (Wildman–Crippen MR) is 271 cm³/mol. The van der Waals surface area contributed by atoms with Crippen molar-refractivity contribution in [2.75, 3.05) is 18.1 Å². The van der Waals surface area contributed by atoms with E-state index in [9.17, 15) is 15.2 Å². The van der Waals surface area contributed by atoms with Crippen molar-refractivity contribution in [2.45, 2.75) is 143 Å². The van der Waals surface area contributed by atoms with E-state index >= 15 is 0 Å². The van der Waals surface area contributed by atoms with Crippen LogP contribution in [0.5, 0.6) is 11.5 Å². The molecule has 0 aliphatic carbocycles. The van der Waals surface area contributed by atoms with Gasteiger partial charge in [-0.2, -0.15) is 5.26 Å². The van der Waals surface area contributed by atoms with Crippen molar-refractivity contribution in [1.82, 2.24) is 0 Å². The van der Waals surface area contributed by atoms with E-state index in [2.05, 4.69) is 118 Å². The van der Waals surface area contributed by atoms with Crippen molar-refractivity contribution < 1.29 is 19.4 Å². The van der Waals surface area contributed by atoms with Gasteiger partial charge in [0.05, 0.1) is 13.2 Å². The second-order valence-corrected chi connectivity index (χ2v) is 23.5. The number of fused-ring (bicyclic) bond motifs is 3. The minimum absolute atomic E-state index is 0.210. The summed E-state index contributed by atoms with van der Waals surface area (Å²) in [5, 5.41) is 22.4. The summed E-state index contributed by atoms with van der Waals surface area (Å²) in [5.41, 5.74) is 4.18. The largest absolute Gasteiger partial charge is 0.494 e. The molecule has 3 heterocycles. The van der Waals surface area contributed by atoms with Gasteiger partial charge in [0.15, 0.2) is 0 Å². The quantitative estimate of drug-likeness (QED) is 0.0233. The van der Waals surface area contributed by atoms with E-state index in [1.807, 2.05) is 17.4 Å². The van der Waals surface area contributed by atoms with Gasteiger partial charge < -0.3 is 19.5 Å². The molecule has 1 aliphatic heterocycles. The number of nitriles is 1. The van der Waals surface area contributed by atoms with Crippen molar-refractivity contribution in [1.29, 1.82) is 5.26 Å². The third-order valence-corrected chi connectivity index (χ3v) is 20.5. The summed E-state index contributed by atoms with van der Waals surface area (Å²) in [6.07, 6.45) is 20.8. The Morgan fingerprint density at radius 3 is 1.52 bits per heavy atom. The molecule has 334 valence electrons. The number of thiophene rings is 2. The Hall–Kier alpha value is -4.62. The van der Waals surface area contributed by atoms with Crippen LogP contribution in [0.3, 0.4) is 0 Å². The van der Waals surface area contributed by atoms with E-state index in [0.29, 0.717) is 0 Å². The molecule has 0 atom stereocenters. The Labute approximate surface area is 386 Å². The Bertz CT molecular complexity index is 2180. The van der Waals surface area contributed by atoms with Crippen LogP contribution in [-0.2, 0) is 4.79 Å². The third kappa shape index (κ3) is 12.3. The lowest BCUT2D eigenvalue weighted by Crippen LogP contribution is -2.54. The van der Waals surface area contributed by atoms with Gasteiger partial charge in [-0.3, -0.25) is 0 Å². The minimum atomic E-state index is -2.18. The molecule has 6 rings (SSSR count). The SMILES string of the molecule is CCCCCCOc1ccc(N(c2ccc(OCCCCCC)cc2)c2ccc(-c3cc4c(s3)-c3sc(C=C(C#N)C(=O)O)cc3[Si]4(CCCCCC)CCCCCC)cc2)cc1. The molecule has 1 N–H and O–H groups in total. The average Bonchev–Trinajstić information content (AvgIpc) is 3.99. The number of unbranched alkanes of at least 4 members (excludes halogenated alkanes) is 12. The molecule has 5 aromatic rings. The van der Waals surface area contributed by atoms with E-state index in [0.717, 1.165) is 59.5 Å². The van der Waals surface area contributed by atoms with E-state index in [-0.39, 0.29) is 5.57 Å². The van der Waals surface area contributed by atoms with Gasteiger partial charge in [-0.1, -0.05) is 130 Å². The number of rotatable bonds is 28. The Morgan fingerprint density at radius 2 is 1.06 bits per heavy atom. The number of hydrogen-bond acceptors (Lipinski definition) is 7. The summed E-state index contributed by atoms with van der Waals surface area (Å²) >= 11 is 3.56. The molecule has 0 fully saturated rings. The molecular weight excluding hydrogens is 833 g/mol. The first-order chi connectivity index (χ1) is 30.8. The number of benzene rings is 3. The van der Waals surface area contributed by atoms with Gasteiger partial charge in [0, 0.05) is 36.6 Å². The average molecular weight is 901 g/mol. The number of carbonyl (C=O) groups is 1. The lowest BCUT2D eigenvalue weighted by atomic mass is 10.1. The zero-order valence-corrected chi connectivity index (χ0v) is 40.8. The molecule has 63 heavy (non-hydrogen) atoms. The van der Waals surface area contributed by atoms with Crippen LogP contribution in [0.4, 0.5) is 17.1 Å². The smallest absolute Gasteiger partial charge is 0.346 e. The topological polar surface area (TPSA) is 82.8 Å².